The van der Waals surface area contributed by atoms with Crippen LogP contribution in [0.3, 0.4) is 0 Å². The Morgan fingerprint density at radius 3 is 2.44 bits per heavy atom. The van der Waals surface area contributed by atoms with Gasteiger partial charge in [0.15, 0.2) is 10.7 Å². The molecule has 9 heteroatoms. The number of carbonyl (C=O) groups is 1. The molecule has 1 aromatic heterocycles. The molecule has 0 saturated carbocycles. The van der Waals surface area contributed by atoms with E-state index >= 15 is 0 Å². The van der Waals surface area contributed by atoms with Gasteiger partial charge in [0, 0.05) is 16.3 Å². The molecular formula is C23H18ClN3O4S. The second-order valence-corrected chi connectivity index (χ2v) is 7.50. The van der Waals surface area contributed by atoms with E-state index in [4.69, 9.17) is 37.7 Å². The maximum atomic E-state index is 12.8. The predicted molar refractivity (Wildman–Crippen MR) is 128 cm³/mol. The Balaban J connectivity index is 1.51. The molecule has 0 atom stereocenters. The first kappa shape index (κ1) is 21.6. The van der Waals surface area contributed by atoms with Crippen LogP contribution in [-0.2, 0) is 0 Å². The SMILES string of the molecule is COc1cccc(OC)c1C(=O)NC(=S)Nc1ccc2oc(-c3cccc(Cl)c3)nc2c1. The van der Waals surface area contributed by atoms with Crippen molar-refractivity contribution in [2.24, 2.45) is 0 Å². The highest BCUT2D eigenvalue weighted by molar-refractivity contribution is 7.80. The molecule has 1 amide bonds. The fourth-order valence-electron chi connectivity index (χ4n) is 3.15. The molecule has 0 spiro atoms. The maximum Gasteiger partial charge on any atom is 0.264 e. The van der Waals surface area contributed by atoms with Gasteiger partial charge in [-0.1, -0.05) is 23.7 Å². The molecule has 0 aliphatic carbocycles. The highest BCUT2D eigenvalue weighted by Gasteiger charge is 2.19. The number of ether oxygens (including phenoxy) is 2. The van der Waals surface area contributed by atoms with Crippen molar-refractivity contribution in [3.8, 4) is 23.0 Å². The average molecular weight is 468 g/mol. The summed E-state index contributed by atoms with van der Waals surface area (Å²) < 4.78 is 16.4. The van der Waals surface area contributed by atoms with Crippen LogP contribution in [0.2, 0.25) is 5.02 Å². The van der Waals surface area contributed by atoms with E-state index in [0.29, 0.717) is 39.2 Å². The first-order chi connectivity index (χ1) is 15.5. The van der Waals surface area contributed by atoms with Crippen LogP contribution >= 0.6 is 23.8 Å². The minimum Gasteiger partial charge on any atom is -0.496 e. The highest BCUT2D eigenvalue weighted by atomic mass is 35.5. The number of halogens is 1. The average Bonchev–Trinajstić information content (AvgIpc) is 3.21. The number of nitrogens with zero attached hydrogens (tertiary/aromatic N) is 1. The van der Waals surface area contributed by atoms with E-state index < -0.39 is 5.91 Å². The molecule has 7 nitrogen and oxygen atoms in total. The molecule has 162 valence electrons. The number of oxazole rings is 1. The van der Waals surface area contributed by atoms with Crippen molar-refractivity contribution in [3.05, 3.63) is 71.2 Å². The van der Waals surface area contributed by atoms with E-state index in [-0.39, 0.29) is 10.7 Å². The van der Waals surface area contributed by atoms with Crippen molar-refractivity contribution in [3.63, 3.8) is 0 Å². The molecule has 32 heavy (non-hydrogen) atoms. The number of amides is 1. The molecule has 3 aromatic carbocycles. The summed E-state index contributed by atoms with van der Waals surface area (Å²) >= 11 is 11.4. The van der Waals surface area contributed by atoms with Gasteiger partial charge in [-0.15, -0.1) is 0 Å². The Kier molecular flexibility index (Phi) is 6.25. The zero-order chi connectivity index (χ0) is 22.7. The lowest BCUT2D eigenvalue weighted by Crippen LogP contribution is -2.34. The second-order valence-electron chi connectivity index (χ2n) is 6.66. The largest absolute Gasteiger partial charge is 0.496 e. The summed E-state index contributed by atoms with van der Waals surface area (Å²) in [6, 6.07) is 17.7. The monoisotopic (exact) mass is 467 g/mol. The van der Waals surface area contributed by atoms with E-state index in [1.54, 1.807) is 48.5 Å². The molecule has 0 aliphatic heterocycles. The molecule has 0 saturated heterocycles. The molecule has 0 fully saturated rings. The van der Waals surface area contributed by atoms with Crippen molar-refractivity contribution >= 4 is 51.6 Å². The summed E-state index contributed by atoms with van der Waals surface area (Å²) in [7, 11) is 2.96. The third-order valence-corrected chi connectivity index (χ3v) is 5.04. The predicted octanol–water partition coefficient (Wildman–Crippen LogP) is 5.29. The van der Waals surface area contributed by atoms with Gasteiger partial charge in [-0.05, 0) is 60.7 Å². The van der Waals surface area contributed by atoms with Gasteiger partial charge in [0.1, 0.15) is 22.6 Å². The molecule has 0 bridgehead atoms. The lowest BCUT2D eigenvalue weighted by molar-refractivity contribution is 0.0971. The summed E-state index contributed by atoms with van der Waals surface area (Å²) in [4.78, 5) is 17.3. The minimum absolute atomic E-state index is 0.112. The smallest absolute Gasteiger partial charge is 0.264 e. The van der Waals surface area contributed by atoms with E-state index in [1.807, 2.05) is 12.1 Å². The van der Waals surface area contributed by atoms with Gasteiger partial charge in [0.05, 0.1) is 14.2 Å². The van der Waals surface area contributed by atoms with E-state index in [0.717, 1.165) is 5.56 Å². The Bertz CT molecular complexity index is 1300. The van der Waals surface area contributed by atoms with Crippen molar-refractivity contribution in [1.82, 2.24) is 10.3 Å². The number of rotatable bonds is 5. The number of anilines is 1. The third-order valence-electron chi connectivity index (χ3n) is 4.60. The van der Waals surface area contributed by atoms with Crippen LogP contribution < -0.4 is 20.1 Å². The van der Waals surface area contributed by atoms with Gasteiger partial charge in [-0.2, -0.15) is 0 Å². The molecule has 0 radical (unpaired) electrons. The normalized spacial score (nSPS) is 10.6. The lowest BCUT2D eigenvalue weighted by Gasteiger charge is -2.14. The molecule has 4 rings (SSSR count). The summed E-state index contributed by atoms with van der Waals surface area (Å²) in [6.07, 6.45) is 0. The maximum absolute atomic E-state index is 12.8. The van der Waals surface area contributed by atoms with Crippen LogP contribution in [0.1, 0.15) is 10.4 Å². The number of fused-ring (bicyclic) bond motifs is 1. The number of carbonyl (C=O) groups excluding carboxylic acids is 1. The summed E-state index contributed by atoms with van der Waals surface area (Å²) in [5, 5.41) is 6.33. The van der Waals surface area contributed by atoms with Gasteiger partial charge in [-0.3, -0.25) is 10.1 Å². The molecular weight excluding hydrogens is 450 g/mol. The summed E-state index contributed by atoms with van der Waals surface area (Å²) in [5.41, 5.74) is 2.90. The summed E-state index contributed by atoms with van der Waals surface area (Å²) in [6.45, 7) is 0. The number of hydrogen-bond donors (Lipinski definition) is 2. The van der Waals surface area contributed by atoms with E-state index in [9.17, 15) is 4.79 Å². The summed E-state index contributed by atoms with van der Waals surface area (Å²) in [5.74, 6) is 0.755. The zero-order valence-electron chi connectivity index (χ0n) is 17.1. The van der Waals surface area contributed by atoms with E-state index in [2.05, 4.69) is 15.6 Å². The van der Waals surface area contributed by atoms with Gasteiger partial charge >= 0.3 is 0 Å². The van der Waals surface area contributed by atoms with Crippen molar-refractivity contribution in [1.29, 1.82) is 0 Å². The quantitative estimate of drug-likeness (QED) is 0.385. The number of aromatic nitrogens is 1. The zero-order valence-corrected chi connectivity index (χ0v) is 18.7. The van der Waals surface area contributed by atoms with Crippen LogP contribution in [0.15, 0.2) is 65.1 Å². The fraction of sp³-hybridized carbons (Fsp3) is 0.0870. The van der Waals surface area contributed by atoms with Gasteiger partial charge in [0.25, 0.3) is 5.91 Å². The fourth-order valence-corrected chi connectivity index (χ4v) is 3.55. The third kappa shape index (κ3) is 4.51. The first-order valence-corrected chi connectivity index (χ1v) is 10.3. The number of hydrogen-bond acceptors (Lipinski definition) is 6. The Morgan fingerprint density at radius 2 is 1.75 bits per heavy atom. The van der Waals surface area contributed by atoms with Crippen LogP contribution in [-0.4, -0.2) is 30.2 Å². The van der Waals surface area contributed by atoms with E-state index in [1.165, 1.54) is 14.2 Å². The molecule has 0 unspecified atom stereocenters. The molecule has 0 aliphatic rings. The molecule has 2 N–H and O–H groups in total. The van der Waals surface area contributed by atoms with Crippen LogP contribution in [0.4, 0.5) is 5.69 Å². The minimum atomic E-state index is -0.456. The van der Waals surface area contributed by atoms with Crippen LogP contribution in [0.25, 0.3) is 22.6 Å². The van der Waals surface area contributed by atoms with Crippen LogP contribution in [0, 0.1) is 0 Å². The first-order valence-electron chi connectivity index (χ1n) is 9.48. The Morgan fingerprint density at radius 1 is 1.03 bits per heavy atom. The van der Waals surface area contributed by atoms with Gasteiger partial charge in [0.2, 0.25) is 5.89 Å². The van der Waals surface area contributed by atoms with Gasteiger partial charge < -0.3 is 19.2 Å². The molecule has 1 heterocycles. The number of nitrogens with one attached hydrogen (secondary N) is 2. The standard InChI is InChI=1S/C23H18ClN3O4S/c1-29-18-7-4-8-19(30-2)20(18)21(28)27-23(32)25-15-9-10-17-16(12-15)26-22(31-17)13-5-3-6-14(24)11-13/h3-12H,1-2H3,(H2,25,27,28,32). The van der Waals surface area contributed by atoms with Crippen molar-refractivity contribution in [2.45, 2.75) is 0 Å². The second kappa shape index (κ2) is 9.25. The van der Waals surface area contributed by atoms with Crippen LogP contribution in [0.5, 0.6) is 11.5 Å². The van der Waals surface area contributed by atoms with Crippen molar-refractivity contribution < 1.29 is 18.7 Å². The Labute approximate surface area is 194 Å². The number of thiocarbonyl (C=S) groups is 1. The number of benzene rings is 3. The topological polar surface area (TPSA) is 85.6 Å². The Hall–Kier alpha value is -3.62. The highest BCUT2D eigenvalue weighted by Crippen LogP contribution is 2.29. The van der Waals surface area contributed by atoms with Gasteiger partial charge in [-0.25, -0.2) is 4.98 Å². The number of methoxy groups -OCH3 is 2. The molecule has 4 aromatic rings. The lowest BCUT2D eigenvalue weighted by atomic mass is 10.1. The van der Waals surface area contributed by atoms with Crippen molar-refractivity contribution in [2.75, 3.05) is 19.5 Å².